The van der Waals surface area contributed by atoms with Gasteiger partial charge in [-0.1, -0.05) is 30.3 Å². The summed E-state index contributed by atoms with van der Waals surface area (Å²) in [4.78, 5) is 29.6. The highest BCUT2D eigenvalue weighted by atomic mass is 35.5. The summed E-state index contributed by atoms with van der Waals surface area (Å²) in [5.41, 5.74) is 0.781. The largest absolute Gasteiger partial charge is 0.293 e. The molecule has 0 aliphatic heterocycles. The number of hydrogen-bond donors (Lipinski definition) is 0. The second-order valence-corrected chi connectivity index (χ2v) is 7.11. The third-order valence-electron chi connectivity index (χ3n) is 3.83. The molecule has 1 heterocycles. The van der Waals surface area contributed by atoms with E-state index in [2.05, 4.69) is 4.98 Å². The number of benzene rings is 2. The molecule has 2 aromatic carbocycles. The molecule has 26 heavy (non-hydrogen) atoms. The third-order valence-corrected chi connectivity index (χ3v) is 5.04. The van der Waals surface area contributed by atoms with Crippen molar-refractivity contribution in [3.63, 3.8) is 0 Å². The molecule has 0 unspecified atom stereocenters. The predicted molar refractivity (Wildman–Crippen MR) is 103 cm³/mol. The zero-order chi connectivity index (χ0) is 18.7. The Morgan fingerprint density at radius 2 is 1.96 bits per heavy atom. The fraction of sp³-hybridized carbons (Fsp3) is 0.211. The van der Waals surface area contributed by atoms with Gasteiger partial charge < -0.3 is 0 Å². The maximum absolute atomic E-state index is 13.0. The van der Waals surface area contributed by atoms with Crippen molar-refractivity contribution in [3.8, 4) is 0 Å². The summed E-state index contributed by atoms with van der Waals surface area (Å²) in [5.74, 6) is -0.439. The van der Waals surface area contributed by atoms with Gasteiger partial charge in [0.2, 0.25) is 0 Å². The van der Waals surface area contributed by atoms with Crippen molar-refractivity contribution in [1.29, 1.82) is 0 Å². The number of aromatic nitrogens is 2. The highest BCUT2D eigenvalue weighted by Crippen LogP contribution is 2.21. The highest BCUT2D eigenvalue weighted by Gasteiger charge is 2.14. The van der Waals surface area contributed by atoms with Crippen molar-refractivity contribution in [2.75, 3.05) is 5.75 Å². The number of nitrogens with zero attached hydrogens (tertiary/aromatic N) is 2. The van der Waals surface area contributed by atoms with Crippen LogP contribution in [0.5, 0.6) is 0 Å². The first-order valence-corrected chi connectivity index (χ1v) is 9.47. The molecule has 0 bridgehead atoms. The molecular weight excluding hydrogens is 375 g/mol. The van der Waals surface area contributed by atoms with Gasteiger partial charge in [0.25, 0.3) is 5.56 Å². The van der Waals surface area contributed by atoms with E-state index < -0.39 is 0 Å². The number of rotatable bonds is 6. The molecule has 0 spiro atoms. The molecule has 0 aliphatic carbocycles. The van der Waals surface area contributed by atoms with E-state index in [0.717, 1.165) is 6.42 Å². The van der Waals surface area contributed by atoms with E-state index in [9.17, 15) is 14.0 Å². The highest BCUT2D eigenvalue weighted by molar-refractivity contribution is 7.99. The average Bonchev–Trinajstić information content (AvgIpc) is 2.62. The van der Waals surface area contributed by atoms with Crippen LogP contribution >= 0.6 is 23.4 Å². The van der Waals surface area contributed by atoms with Gasteiger partial charge in [0.15, 0.2) is 10.9 Å². The minimum absolute atomic E-state index is 0.105. The Morgan fingerprint density at radius 3 is 2.65 bits per heavy atom. The van der Waals surface area contributed by atoms with Crippen LogP contribution in [-0.4, -0.2) is 21.1 Å². The van der Waals surface area contributed by atoms with Gasteiger partial charge in [-0.3, -0.25) is 14.2 Å². The van der Waals surface area contributed by atoms with Gasteiger partial charge >= 0.3 is 0 Å². The molecule has 7 heteroatoms. The van der Waals surface area contributed by atoms with Crippen LogP contribution in [0.1, 0.15) is 23.7 Å². The minimum Gasteiger partial charge on any atom is -0.293 e. The lowest BCUT2D eigenvalue weighted by atomic mass is 10.1. The predicted octanol–water partition coefficient (Wildman–Crippen LogP) is 4.57. The van der Waals surface area contributed by atoms with Crippen molar-refractivity contribution in [3.05, 3.63) is 69.2 Å². The van der Waals surface area contributed by atoms with E-state index >= 15 is 0 Å². The summed E-state index contributed by atoms with van der Waals surface area (Å²) >= 11 is 7.20. The summed E-state index contributed by atoms with van der Waals surface area (Å²) < 4.78 is 14.6. The van der Waals surface area contributed by atoms with Crippen LogP contribution in [0.3, 0.4) is 0 Å². The van der Waals surface area contributed by atoms with E-state index in [1.54, 1.807) is 22.8 Å². The first-order valence-electron chi connectivity index (χ1n) is 8.11. The fourth-order valence-electron chi connectivity index (χ4n) is 2.55. The second kappa shape index (κ2) is 8.01. The Kier molecular flexibility index (Phi) is 5.74. The molecule has 0 atom stereocenters. The minimum atomic E-state index is -0.390. The van der Waals surface area contributed by atoms with Crippen LogP contribution in [0.2, 0.25) is 5.02 Å². The monoisotopic (exact) mass is 390 g/mol. The van der Waals surface area contributed by atoms with Crippen LogP contribution in [-0.2, 0) is 6.54 Å². The number of thioether (sulfide) groups is 1. The SMILES string of the molecule is CCCn1c(SCC(=O)c2ccc(F)cc2)nc2cc(Cl)ccc2c1=O. The Balaban J connectivity index is 1.92. The van der Waals surface area contributed by atoms with Gasteiger partial charge in [-0.15, -0.1) is 0 Å². The summed E-state index contributed by atoms with van der Waals surface area (Å²) in [7, 11) is 0. The molecule has 0 saturated heterocycles. The molecular formula is C19H16ClFN2O2S. The van der Waals surface area contributed by atoms with Gasteiger partial charge in [0.1, 0.15) is 5.82 Å². The molecule has 0 fully saturated rings. The Bertz CT molecular complexity index is 1020. The molecule has 1 aromatic heterocycles. The zero-order valence-electron chi connectivity index (χ0n) is 14.0. The molecule has 3 aromatic rings. The molecule has 0 saturated carbocycles. The molecule has 0 N–H and O–H groups in total. The van der Waals surface area contributed by atoms with Crippen LogP contribution in [0.25, 0.3) is 10.9 Å². The van der Waals surface area contributed by atoms with E-state index in [-0.39, 0.29) is 22.9 Å². The van der Waals surface area contributed by atoms with Gasteiger partial charge in [-0.2, -0.15) is 0 Å². The smallest absolute Gasteiger partial charge is 0.262 e. The summed E-state index contributed by atoms with van der Waals surface area (Å²) in [5, 5.41) is 1.47. The average molecular weight is 391 g/mol. The van der Waals surface area contributed by atoms with E-state index in [4.69, 9.17) is 11.6 Å². The number of Topliss-reactive ketones (excluding diaryl/α,β-unsaturated/α-hetero) is 1. The van der Waals surface area contributed by atoms with Crippen LogP contribution < -0.4 is 5.56 Å². The van der Waals surface area contributed by atoms with Gasteiger partial charge in [0.05, 0.1) is 16.7 Å². The standard InChI is InChI=1S/C19H16ClFN2O2S/c1-2-9-23-18(25)15-8-5-13(20)10-16(15)22-19(23)26-11-17(24)12-3-6-14(21)7-4-12/h3-8,10H,2,9,11H2,1H3. The lowest BCUT2D eigenvalue weighted by Gasteiger charge is -2.12. The van der Waals surface area contributed by atoms with Crippen molar-refractivity contribution in [2.24, 2.45) is 0 Å². The molecule has 3 rings (SSSR count). The van der Waals surface area contributed by atoms with E-state index in [0.29, 0.717) is 33.2 Å². The van der Waals surface area contributed by atoms with Crippen molar-refractivity contribution < 1.29 is 9.18 Å². The second-order valence-electron chi connectivity index (χ2n) is 5.73. The zero-order valence-corrected chi connectivity index (χ0v) is 15.6. The number of fused-ring (bicyclic) bond motifs is 1. The van der Waals surface area contributed by atoms with Gasteiger partial charge in [-0.25, -0.2) is 9.37 Å². The molecule has 0 aliphatic rings. The Morgan fingerprint density at radius 1 is 1.23 bits per heavy atom. The van der Waals surface area contributed by atoms with Crippen LogP contribution in [0.4, 0.5) is 4.39 Å². The number of halogens is 2. The van der Waals surface area contributed by atoms with Gasteiger partial charge in [-0.05, 0) is 48.9 Å². The fourth-order valence-corrected chi connectivity index (χ4v) is 3.64. The maximum Gasteiger partial charge on any atom is 0.262 e. The quantitative estimate of drug-likeness (QED) is 0.351. The van der Waals surface area contributed by atoms with Crippen LogP contribution in [0.15, 0.2) is 52.4 Å². The number of ketones is 1. The lowest BCUT2D eigenvalue weighted by molar-refractivity contribution is 0.102. The topological polar surface area (TPSA) is 52.0 Å². The van der Waals surface area contributed by atoms with Gasteiger partial charge in [0, 0.05) is 17.1 Å². The Labute approximate surface area is 159 Å². The molecule has 0 amide bonds. The first kappa shape index (κ1) is 18.6. The summed E-state index contributed by atoms with van der Waals surface area (Å²) in [6.07, 6.45) is 0.764. The maximum atomic E-state index is 13.0. The van der Waals surface area contributed by atoms with Crippen molar-refractivity contribution in [2.45, 2.75) is 25.0 Å². The first-order chi connectivity index (χ1) is 12.5. The van der Waals surface area contributed by atoms with Crippen molar-refractivity contribution >= 4 is 40.0 Å². The van der Waals surface area contributed by atoms with E-state index in [1.165, 1.54) is 36.0 Å². The summed E-state index contributed by atoms with van der Waals surface area (Å²) in [6.45, 7) is 2.48. The summed E-state index contributed by atoms with van der Waals surface area (Å²) in [6, 6.07) is 10.4. The third kappa shape index (κ3) is 3.97. The number of hydrogen-bond acceptors (Lipinski definition) is 4. The normalized spacial score (nSPS) is 11.0. The molecule has 4 nitrogen and oxygen atoms in total. The molecule has 134 valence electrons. The Hall–Kier alpha value is -2.18. The van der Waals surface area contributed by atoms with Crippen LogP contribution in [0, 0.1) is 5.82 Å². The lowest BCUT2D eigenvalue weighted by Crippen LogP contribution is -2.23. The number of carbonyl (C=O) groups is 1. The van der Waals surface area contributed by atoms with Crippen molar-refractivity contribution in [1.82, 2.24) is 9.55 Å². The number of carbonyl (C=O) groups excluding carboxylic acids is 1. The van der Waals surface area contributed by atoms with E-state index in [1.807, 2.05) is 6.92 Å². The molecule has 0 radical (unpaired) electrons.